The SMILES string of the molecule is CCCCCCCCCCCCCCCCCCC(C)C(C)C. The molecule has 0 aromatic rings. The van der Waals surface area contributed by atoms with E-state index in [4.69, 9.17) is 0 Å². The van der Waals surface area contributed by atoms with Crippen molar-refractivity contribution in [3.05, 3.63) is 0 Å². The molecule has 23 heavy (non-hydrogen) atoms. The zero-order valence-electron chi connectivity index (χ0n) is 17.2. The first-order valence-electron chi connectivity index (χ1n) is 11.2. The van der Waals surface area contributed by atoms with Gasteiger partial charge < -0.3 is 0 Å². The van der Waals surface area contributed by atoms with Gasteiger partial charge in [0, 0.05) is 0 Å². The molecule has 0 fully saturated rings. The van der Waals surface area contributed by atoms with Gasteiger partial charge in [-0.15, -0.1) is 0 Å². The van der Waals surface area contributed by atoms with Crippen molar-refractivity contribution in [1.82, 2.24) is 0 Å². The minimum atomic E-state index is 0.867. The lowest BCUT2D eigenvalue weighted by Crippen LogP contribution is -2.03. The zero-order valence-corrected chi connectivity index (χ0v) is 17.2. The minimum absolute atomic E-state index is 0.867. The molecule has 0 aromatic heterocycles. The highest BCUT2D eigenvalue weighted by Gasteiger charge is 2.05. The molecule has 0 bridgehead atoms. The van der Waals surface area contributed by atoms with E-state index >= 15 is 0 Å². The Balaban J connectivity index is 3.03. The molecule has 0 saturated heterocycles. The van der Waals surface area contributed by atoms with Crippen molar-refractivity contribution >= 4 is 0 Å². The van der Waals surface area contributed by atoms with Crippen molar-refractivity contribution in [1.29, 1.82) is 0 Å². The second-order valence-electron chi connectivity index (χ2n) is 8.31. The second-order valence-corrected chi connectivity index (χ2v) is 8.31. The Morgan fingerprint density at radius 3 is 1.04 bits per heavy atom. The average Bonchev–Trinajstić information content (AvgIpc) is 2.54. The highest BCUT2D eigenvalue weighted by Crippen LogP contribution is 2.19. The maximum absolute atomic E-state index is 2.41. The molecule has 1 atom stereocenters. The van der Waals surface area contributed by atoms with Gasteiger partial charge in [-0.1, -0.05) is 137 Å². The summed E-state index contributed by atoms with van der Waals surface area (Å²) >= 11 is 0. The lowest BCUT2D eigenvalue weighted by atomic mass is 9.92. The average molecular weight is 325 g/mol. The Labute approximate surface area is 149 Å². The van der Waals surface area contributed by atoms with Gasteiger partial charge in [0.2, 0.25) is 0 Å². The first-order chi connectivity index (χ1) is 11.2. The van der Waals surface area contributed by atoms with E-state index in [9.17, 15) is 0 Å². The predicted octanol–water partition coefficient (Wildman–Crippen LogP) is 8.93. The van der Waals surface area contributed by atoms with Crippen LogP contribution in [0.4, 0.5) is 0 Å². The molecule has 140 valence electrons. The second kappa shape index (κ2) is 18.3. The third kappa shape index (κ3) is 18.2. The van der Waals surface area contributed by atoms with E-state index in [1.807, 2.05) is 0 Å². The molecule has 0 saturated carbocycles. The van der Waals surface area contributed by atoms with Gasteiger partial charge >= 0.3 is 0 Å². The molecule has 0 aliphatic heterocycles. The first kappa shape index (κ1) is 23.0. The fraction of sp³-hybridized carbons (Fsp3) is 1.00. The molecule has 1 unspecified atom stereocenters. The van der Waals surface area contributed by atoms with Crippen molar-refractivity contribution in [3.63, 3.8) is 0 Å². The molecule has 0 amide bonds. The van der Waals surface area contributed by atoms with E-state index in [0.29, 0.717) is 0 Å². The van der Waals surface area contributed by atoms with Gasteiger partial charge in [0.15, 0.2) is 0 Å². The molecule has 0 aliphatic carbocycles. The molecule has 0 spiro atoms. The van der Waals surface area contributed by atoms with Crippen LogP contribution in [0.3, 0.4) is 0 Å². The lowest BCUT2D eigenvalue weighted by molar-refractivity contribution is 0.374. The first-order valence-corrected chi connectivity index (χ1v) is 11.2. The largest absolute Gasteiger partial charge is 0.0654 e. The normalized spacial score (nSPS) is 12.9. The van der Waals surface area contributed by atoms with Crippen molar-refractivity contribution < 1.29 is 0 Å². The van der Waals surface area contributed by atoms with Crippen molar-refractivity contribution in [2.24, 2.45) is 11.8 Å². The van der Waals surface area contributed by atoms with Gasteiger partial charge in [0.25, 0.3) is 0 Å². The number of unbranched alkanes of at least 4 members (excludes halogenated alkanes) is 15. The van der Waals surface area contributed by atoms with Crippen LogP contribution in [0.2, 0.25) is 0 Å². The van der Waals surface area contributed by atoms with Crippen LogP contribution in [-0.4, -0.2) is 0 Å². The molecule has 0 aliphatic rings. The number of hydrogen-bond donors (Lipinski definition) is 0. The quantitative estimate of drug-likeness (QED) is 0.221. The van der Waals surface area contributed by atoms with Crippen molar-refractivity contribution in [2.45, 2.75) is 137 Å². The fourth-order valence-electron chi connectivity index (χ4n) is 3.35. The Morgan fingerprint density at radius 2 is 0.739 bits per heavy atom. The smallest absolute Gasteiger partial charge is 0.0420 e. The van der Waals surface area contributed by atoms with Crippen molar-refractivity contribution in [3.8, 4) is 0 Å². The van der Waals surface area contributed by atoms with Gasteiger partial charge in [0.05, 0.1) is 0 Å². The molecular weight excluding hydrogens is 276 g/mol. The summed E-state index contributed by atoms with van der Waals surface area (Å²) in [4.78, 5) is 0. The molecule has 0 rings (SSSR count). The third-order valence-corrected chi connectivity index (χ3v) is 5.65. The van der Waals surface area contributed by atoms with E-state index in [1.165, 1.54) is 109 Å². The van der Waals surface area contributed by atoms with Crippen LogP contribution in [0.25, 0.3) is 0 Å². The highest BCUT2D eigenvalue weighted by atomic mass is 14.1. The number of rotatable bonds is 18. The van der Waals surface area contributed by atoms with Crippen LogP contribution in [0.15, 0.2) is 0 Å². The summed E-state index contributed by atoms with van der Waals surface area (Å²) in [6.45, 7) is 9.43. The van der Waals surface area contributed by atoms with Crippen LogP contribution >= 0.6 is 0 Å². The van der Waals surface area contributed by atoms with Gasteiger partial charge in [-0.2, -0.15) is 0 Å². The lowest BCUT2D eigenvalue weighted by Gasteiger charge is -2.14. The van der Waals surface area contributed by atoms with Gasteiger partial charge in [-0.3, -0.25) is 0 Å². The fourth-order valence-corrected chi connectivity index (χ4v) is 3.35. The van der Waals surface area contributed by atoms with E-state index in [2.05, 4.69) is 27.7 Å². The Kier molecular flexibility index (Phi) is 18.3. The van der Waals surface area contributed by atoms with E-state index in [0.717, 1.165) is 11.8 Å². The van der Waals surface area contributed by atoms with Crippen LogP contribution in [0, 0.1) is 11.8 Å². The summed E-state index contributed by atoms with van der Waals surface area (Å²) in [5.41, 5.74) is 0. The summed E-state index contributed by atoms with van der Waals surface area (Å²) in [5, 5.41) is 0. The molecule has 0 heterocycles. The summed E-state index contributed by atoms with van der Waals surface area (Å²) in [6.07, 6.45) is 25.0. The Hall–Kier alpha value is 0. The van der Waals surface area contributed by atoms with E-state index in [1.54, 1.807) is 0 Å². The van der Waals surface area contributed by atoms with E-state index < -0.39 is 0 Å². The van der Waals surface area contributed by atoms with E-state index in [-0.39, 0.29) is 0 Å². The maximum atomic E-state index is 2.41. The minimum Gasteiger partial charge on any atom is -0.0654 e. The zero-order chi connectivity index (χ0) is 17.2. The topological polar surface area (TPSA) is 0 Å². The molecule has 0 aromatic carbocycles. The Morgan fingerprint density at radius 1 is 0.435 bits per heavy atom. The number of hydrogen-bond acceptors (Lipinski definition) is 0. The molecular formula is C23H48. The standard InChI is InChI=1S/C23H48/c1-5-6-7-8-9-10-11-12-13-14-15-16-17-18-19-20-21-23(4)22(2)3/h22-23H,5-21H2,1-4H3. The van der Waals surface area contributed by atoms with Gasteiger partial charge in [-0.05, 0) is 11.8 Å². The summed E-state index contributed by atoms with van der Waals surface area (Å²) < 4.78 is 0. The Bertz CT molecular complexity index is 206. The van der Waals surface area contributed by atoms with Gasteiger partial charge in [0.1, 0.15) is 0 Å². The third-order valence-electron chi connectivity index (χ3n) is 5.65. The molecule has 0 nitrogen and oxygen atoms in total. The summed E-state index contributed by atoms with van der Waals surface area (Å²) in [6, 6.07) is 0. The summed E-state index contributed by atoms with van der Waals surface area (Å²) in [5.74, 6) is 1.79. The van der Waals surface area contributed by atoms with Crippen LogP contribution in [0.1, 0.15) is 137 Å². The van der Waals surface area contributed by atoms with Crippen LogP contribution in [0.5, 0.6) is 0 Å². The molecule has 0 N–H and O–H groups in total. The van der Waals surface area contributed by atoms with Crippen molar-refractivity contribution in [2.75, 3.05) is 0 Å². The molecule has 0 heteroatoms. The highest BCUT2D eigenvalue weighted by molar-refractivity contribution is 4.57. The maximum Gasteiger partial charge on any atom is -0.0420 e. The monoisotopic (exact) mass is 324 g/mol. The summed E-state index contributed by atoms with van der Waals surface area (Å²) in [7, 11) is 0. The predicted molar refractivity (Wildman–Crippen MR) is 108 cm³/mol. The van der Waals surface area contributed by atoms with Crippen LogP contribution < -0.4 is 0 Å². The van der Waals surface area contributed by atoms with Crippen LogP contribution in [-0.2, 0) is 0 Å². The van der Waals surface area contributed by atoms with Gasteiger partial charge in [-0.25, -0.2) is 0 Å². The molecule has 0 radical (unpaired) electrons.